The van der Waals surface area contributed by atoms with E-state index >= 15 is 0 Å². The zero-order chi connectivity index (χ0) is 13.2. The molecule has 0 atom stereocenters. The van der Waals surface area contributed by atoms with E-state index in [9.17, 15) is 13.2 Å². The first-order valence-electron chi connectivity index (χ1n) is 5.12. The Kier molecular flexibility index (Phi) is 3.99. The second kappa shape index (κ2) is 5.34. The molecule has 2 aromatic rings. The van der Waals surface area contributed by atoms with Crippen LogP contribution in [0.1, 0.15) is 11.1 Å². The van der Waals surface area contributed by atoms with Gasteiger partial charge in [0.2, 0.25) is 0 Å². The van der Waals surface area contributed by atoms with Crippen LogP contribution in [0.2, 0.25) is 0 Å². The molecule has 1 aromatic heterocycles. The highest BCUT2D eigenvalue weighted by atomic mass is 32.2. The molecule has 1 aromatic carbocycles. The van der Waals surface area contributed by atoms with Crippen molar-refractivity contribution in [1.82, 2.24) is 0 Å². The fourth-order valence-corrected chi connectivity index (χ4v) is 3.31. The number of hydrogen-bond acceptors (Lipinski definition) is 3. The van der Waals surface area contributed by atoms with E-state index in [-0.39, 0.29) is 11.4 Å². The highest BCUT2D eigenvalue weighted by molar-refractivity contribution is 8.01. The maximum absolute atomic E-state index is 12.9. The van der Waals surface area contributed by atoms with Crippen molar-refractivity contribution in [3.63, 3.8) is 0 Å². The molecule has 1 heterocycles. The van der Waals surface area contributed by atoms with Crippen molar-refractivity contribution in [3.05, 3.63) is 46.8 Å². The van der Waals surface area contributed by atoms with Gasteiger partial charge >= 0.3 is 6.18 Å². The lowest BCUT2D eigenvalue weighted by Gasteiger charge is -2.13. The maximum Gasteiger partial charge on any atom is 0.417 e. The van der Waals surface area contributed by atoms with Gasteiger partial charge in [0, 0.05) is 11.4 Å². The average molecular weight is 289 g/mol. The molecule has 2 rings (SSSR count). The summed E-state index contributed by atoms with van der Waals surface area (Å²) >= 11 is 2.54. The molecular formula is C12H10F3NS2. The summed E-state index contributed by atoms with van der Waals surface area (Å²) in [7, 11) is 0. The molecule has 2 N–H and O–H groups in total. The van der Waals surface area contributed by atoms with Crippen LogP contribution in [-0.4, -0.2) is 0 Å². The van der Waals surface area contributed by atoms with Crippen LogP contribution in [0.5, 0.6) is 0 Å². The molecule has 1 nitrogen and oxygen atoms in total. The van der Waals surface area contributed by atoms with Gasteiger partial charge in [-0.05, 0) is 29.1 Å². The van der Waals surface area contributed by atoms with Crippen LogP contribution in [0, 0.1) is 0 Å². The second-order valence-electron chi connectivity index (χ2n) is 3.57. The summed E-state index contributed by atoms with van der Waals surface area (Å²) in [6.45, 7) is 0.104. The van der Waals surface area contributed by atoms with Gasteiger partial charge in [-0.2, -0.15) is 13.2 Å². The van der Waals surface area contributed by atoms with E-state index in [0.29, 0.717) is 5.56 Å². The van der Waals surface area contributed by atoms with E-state index in [1.54, 1.807) is 12.1 Å². The van der Waals surface area contributed by atoms with Crippen LogP contribution in [0.3, 0.4) is 0 Å². The largest absolute Gasteiger partial charge is 0.417 e. The smallest absolute Gasteiger partial charge is 0.326 e. The molecule has 0 radical (unpaired) electrons. The number of thiophene rings is 1. The molecule has 0 fully saturated rings. The minimum Gasteiger partial charge on any atom is -0.326 e. The van der Waals surface area contributed by atoms with E-state index in [0.717, 1.165) is 22.0 Å². The minimum absolute atomic E-state index is 0.104. The SMILES string of the molecule is NCc1ccc(Sc2cccs2)c(C(F)(F)F)c1. The molecule has 0 aliphatic rings. The zero-order valence-electron chi connectivity index (χ0n) is 9.20. The Balaban J connectivity index is 2.40. The van der Waals surface area contributed by atoms with E-state index in [1.165, 1.54) is 17.4 Å². The lowest BCUT2D eigenvalue weighted by atomic mass is 10.1. The third kappa shape index (κ3) is 3.07. The van der Waals surface area contributed by atoms with E-state index in [1.807, 2.05) is 11.4 Å². The number of halogens is 3. The first-order chi connectivity index (χ1) is 8.50. The number of benzene rings is 1. The molecule has 0 bridgehead atoms. The Labute approximate surface area is 111 Å². The predicted octanol–water partition coefficient (Wildman–Crippen LogP) is 4.38. The predicted molar refractivity (Wildman–Crippen MR) is 67.8 cm³/mol. The van der Waals surface area contributed by atoms with Gasteiger partial charge in [0.05, 0.1) is 9.77 Å². The van der Waals surface area contributed by atoms with Crippen molar-refractivity contribution in [2.75, 3.05) is 0 Å². The summed E-state index contributed by atoms with van der Waals surface area (Å²) in [4.78, 5) is 0.210. The van der Waals surface area contributed by atoms with Gasteiger partial charge < -0.3 is 5.73 Å². The molecule has 0 unspecified atom stereocenters. The summed E-state index contributed by atoms with van der Waals surface area (Å²) in [5, 5.41) is 1.84. The van der Waals surface area contributed by atoms with Gasteiger partial charge in [-0.3, -0.25) is 0 Å². The lowest BCUT2D eigenvalue weighted by Crippen LogP contribution is -2.08. The number of nitrogens with two attached hydrogens (primary N) is 1. The second-order valence-corrected chi connectivity index (χ2v) is 5.86. The summed E-state index contributed by atoms with van der Waals surface area (Å²) in [6.07, 6.45) is -4.36. The first-order valence-corrected chi connectivity index (χ1v) is 6.82. The third-order valence-electron chi connectivity index (χ3n) is 2.29. The Morgan fingerprint density at radius 2 is 2.00 bits per heavy atom. The molecule has 0 saturated carbocycles. The highest BCUT2D eigenvalue weighted by Crippen LogP contribution is 2.41. The van der Waals surface area contributed by atoms with Gasteiger partial charge in [0.1, 0.15) is 0 Å². The van der Waals surface area contributed by atoms with Gasteiger partial charge in [0.25, 0.3) is 0 Å². The van der Waals surface area contributed by atoms with Crippen molar-refractivity contribution in [2.24, 2.45) is 5.73 Å². The van der Waals surface area contributed by atoms with E-state index in [2.05, 4.69) is 0 Å². The Bertz CT molecular complexity index is 521. The van der Waals surface area contributed by atoms with Crippen molar-refractivity contribution < 1.29 is 13.2 Å². The van der Waals surface area contributed by atoms with Crippen LogP contribution in [-0.2, 0) is 12.7 Å². The highest BCUT2D eigenvalue weighted by Gasteiger charge is 2.33. The number of alkyl halides is 3. The molecule has 96 valence electrons. The van der Waals surface area contributed by atoms with Gasteiger partial charge in [-0.1, -0.05) is 23.9 Å². The Morgan fingerprint density at radius 3 is 2.56 bits per heavy atom. The van der Waals surface area contributed by atoms with Gasteiger partial charge in [-0.15, -0.1) is 11.3 Å². The average Bonchev–Trinajstić information content (AvgIpc) is 2.81. The third-order valence-corrected chi connectivity index (χ3v) is 4.40. The van der Waals surface area contributed by atoms with Crippen LogP contribution < -0.4 is 5.73 Å². The molecule has 6 heteroatoms. The van der Waals surface area contributed by atoms with Crippen molar-refractivity contribution in [3.8, 4) is 0 Å². The molecule has 0 saturated heterocycles. The molecule has 0 aliphatic heterocycles. The van der Waals surface area contributed by atoms with Gasteiger partial charge in [-0.25, -0.2) is 0 Å². The van der Waals surface area contributed by atoms with Crippen molar-refractivity contribution in [2.45, 2.75) is 21.8 Å². The maximum atomic E-state index is 12.9. The van der Waals surface area contributed by atoms with E-state index < -0.39 is 11.7 Å². The standard InChI is InChI=1S/C12H10F3NS2/c13-12(14,15)9-6-8(7-16)3-4-10(9)18-11-2-1-5-17-11/h1-6H,7,16H2. The zero-order valence-corrected chi connectivity index (χ0v) is 10.8. The molecular weight excluding hydrogens is 279 g/mol. The fourth-order valence-electron chi connectivity index (χ4n) is 1.44. The summed E-state index contributed by atoms with van der Waals surface area (Å²) in [5.41, 5.74) is 5.24. The van der Waals surface area contributed by atoms with Crippen LogP contribution in [0.25, 0.3) is 0 Å². The normalized spacial score (nSPS) is 11.8. The van der Waals surface area contributed by atoms with Crippen LogP contribution in [0.15, 0.2) is 44.8 Å². The molecule has 0 spiro atoms. The molecule has 0 aliphatic carbocycles. The van der Waals surface area contributed by atoms with Crippen molar-refractivity contribution in [1.29, 1.82) is 0 Å². The van der Waals surface area contributed by atoms with Crippen molar-refractivity contribution >= 4 is 23.1 Å². The fraction of sp³-hybridized carbons (Fsp3) is 0.167. The monoisotopic (exact) mass is 289 g/mol. The first kappa shape index (κ1) is 13.5. The number of rotatable bonds is 3. The lowest BCUT2D eigenvalue weighted by molar-refractivity contribution is -0.139. The summed E-state index contributed by atoms with van der Waals surface area (Å²) < 4.78 is 39.7. The topological polar surface area (TPSA) is 26.0 Å². The molecule has 18 heavy (non-hydrogen) atoms. The summed E-state index contributed by atoms with van der Waals surface area (Å²) in [5.74, 6) is 0. The van der Waals surface area contributed by atoms with Crippen LogP contribution >= 0.6 is 23.1 Å². The van der Waals surface area contributed by atoms with Gasteiger partial charge in [0.15, 0.2) is 0 Å². The Hall–Kier alpha value is -0.980. The van der Waals surface area contributed by atoms with E-state index in [4.69, 9.17) is 5.73 Å². The van der Waals surface area contributed by atoms with Crippen LogP contribution in [0.4, 0.5) is 13.2 Å². The number of hydrogen-bond donors (Lipinski definition) is 1. The molecule has 0 amide bonds. The minimum atomic E-state index is -4.36. The quantitative estimate of drug-likeness (QED) is 0.907. The summed E-state index contributed by atoms with van der Waals surface area (Å²) in [6, 6.07) is 7.84. The Morgan fingerprint density at radius 1 is 1.22 bits per heavy atom.